The van der Waals surface area contributed by atoms with Gasteiger partial charge in [0.05, 0.1) is 5.69 Å². The average Bonchev–Trinajstić information content (AvgIpc) is 2.15. The van der Waals surface area contributed by atoms with E-state index < -0.39 is 10.0 Å². The summed E-state index contributed by atoms with van der Waals surface area (Å²) in [5.41, 5.74) is 6.85. The van der Waals surface area contributed by atoms with E-state index in [0.29, 0.717) is 6.42 Å². The summed E-state index contributed by atoms with van der Waals surface area (Å²) >= 11 is 0. The van der Waals surface area contributed by atoms with Gasteiger partial charge in [-0.15, -0.1) is 12.3 Å². The van der Waals surface area contributed by atoms with E-state index in [1.807, 2.05) is 6.92 Å². The van der Waals surface area contributed by atoms with E-state index in [0.717, 1.165) is 5.56 Å². The summed E-state index contributed by atoms with van der Waals surface area (Å²) in [5.74, 6) is 2.41. The first kappa shape index (κ1) is 13.6. The first-order chi connectivity index (χ1) is 7.86. The molecule has 0 fully saturated rings. The monoisotopic (exact) mass is 252 g/mol. The van der Waals surface area contributed by atoms with Gasteiger partial charge in [0.15, 0.2) is 0 Å². The van der Waals surface area contributed by atoms with E-state index in [9.17, 15) is 8.42 Å². The zero-order chi connectivity index (χ0) is 13.1. The van der Waals surface area contributed by atoms with Gasteiger partial charge in [-0.3, -0.25) is 0 Å². The molecule has 1 atom stereocenters. The molecular formula is C12H16N2O2S. The van der Waals surface area contributed by atoms with Crippen molar-refractivity contribution in [2.75, 3.05) is 5.73 Å². The SMILES string of the molecule is C#CCC(C)NS(=O)(=O)c1ccc(C)cc1N. The first-order valence-electron chi connectivity index (χ1n) is 5.18. The van der Waals surface area contributed by atoms with E-state index in [1.54, 1.807) is 19.1 Å². The molecule has 0 aromatic heterocycles. The van der Waals surface area contributed by atoms with Crippen LogP contribution in [0.15, 0.2) is 23.1 Å². The van der Waals surface area contributed by atoms with Gasteiger partial charge >= 0.3 is 0 Å². The second kappa shape index (κ2) is 5.21. The molecule has 4 nitrogen and oxygen atoms in total. The zero-order valence-corrected chi connectivity index (χ0v) is 10.7. The zero-order valence-electron chi connectivity index (χ0n) is 9.90. The number of nitrogen functional groups attached to an aromatic ring is 1. The van der Waals surface area contributed by atoms with Crippen LogP contribution in [0.1, 0.15) is 18.9 Å². The highest BCUT2D eigenvalue weighted by atomic mass is 32.2. The minimum Gasteiger partial charge on any atom is -0.398 e. The Kier molecular flexibility index (Phi) is 4.16. The smallest absolute Gasteiger partial charge is 0.242 e. The fraction of sp³-hybridized carbons (Fsp3) is 0.333. The van der Waals surface area contributed by atoms with Crippen LogP contribution in [0.3, 0.4) is 0 Å². The molecule has 92 valence electrons. The molecule has 1 aromatic carbocycles. The number of aryl methyl sites for hydroxylation is 1. The van der Waals surface area contributed by atoms with Crippen LogP contribution in [0.5, 0.6) is 0 Å². The Morgan fingerprint density at radius 2 is 2.18 bits per heavy atom. The van der Waals surface area contributed by atoms with Gasteiger partial charge < -0.3 is 5.73 Å². The molecule has 1 aromatic rings. The molecule has 0 bridgehead atoms. The van der Waals surface area contributed by atoms with Crippen molar-refractivity contribution >= 4 is 15.7 Å². The van der Waals surface area contributed by atoms with Crippen LogP contribution >= 0.6 is 0 Å². The third-order valence-corrected chi connectivity index (χ3v) is 3.90. The van der Waals surface area contributed by atoms with Gasteiger partial charge in [-0.05, 0) is 31.5 Å². The number of sulfonamides is 1. The highest BCUT2D eigenvalue weighted by Gasteiger charge is 2.19. The lowest BCUT2D eigenvalue weighted by Crippen LogP contribution is -2.32. The first-order valence-corrected chi connectivity index (χ1v) is 6.67. The predicted molar refractivity (Wildman–Crippen MR) is 68.8 cm³/mol. The Morgan fingerprint density at radius 3 is 2.71 bits per heavy atom. The minimum absolute atomic E-state index is 0.0898. The Labute approximate surface area is 102 Å². The summed E-state index contributed by atoms with van der Waals surface area (Å²) in [6.45, 7) is 3.56. The average molecular weight is 252 g/mol. The van der Waals surface area contributed by atoms with Gasteiger partial charge in [0, 0.05) is 12.5 Å². The van der Waals surface area contributed by atoms with Crippen LogP contribution in [0, 0.1) is 19.3 Å². The van der Waals surface area contributed by atoms with Crippen molar-refractivity contribution in [2.45, 2.75) is 31.2 Å². The molecule has 0 radical (unpaired) electrons. The highest BCUT2D eigenvalue weighted by molar-refractivity contribution is 7.89. The van der Waals surface area contributed by atoms with Crippen molar-refractivity contribution in [1.82, 2.24) is 4.72 Å². The third kappa shape index (κ3) is 3.48. The molecule has 3 N–H and O–H groups in total. The predicted octanol–water partition coefficient (Wildman–Crippen LogP) is 1.27. The Balaban J connectivity index is 3.02. The number of hydrogen-bond donors (Lipinski definition) is 2. The second-order valence-electron chi connectivity index (χ2n) is 3.97. The molecule has 0 spiro atoms. The van der Waals surface area contributed by atoms with Gasteiger partial charge in [0.25, 0.3) is 0 Å². The maximum Gasteiger partial charge on any atom is 0.242 e. The Hall–Kier alpha value is -1.51. The molecule has 0 amide bonds. The van der Waals surface area contributed by atoms with E-state index in [4.69, 9.17) is 12.2 Å². The number of anilines is 1. The molecule has 0 aliphatic rings. The molecule has 5 heteroatoms. The number of hydrogen-bond acceptors (Lipinski definition) is 3. The van der Waals surface area contributed by atoms with Gasteiger partial charge in [-0.2, -0.15) is 0 Å². The number of benzene rings is 1. The topological polar surface area (TPSA) is 72.2 Å². The highest BCUT2D eigenvalue weighted by Crippen LogP contribution is 2.19. The van der Waals surface area contributed by atoms with Crippen LogP contribution in [0.25, 0.3) is 0 Å². The normalized spacial score (nSPS) is 13.0. The molecule has 1 rings (SSSR count). The summed E-state index contributed by atoms with van der Waals surface area (Å²) < 4.78 is 26.5. The van der Waals surface area contributed by atoms with Crippen molar-refractivity contribution in [2.24, 2.45) is 0 Å². The fourth-order valence-electron chi connectivity index (χ4n) is 1.46. The number of terminal acetylenes is 1. The molecule has 0 aliphatic carbocycles. The van der Waals surface area contributed by atoms with Crippen LogP contribution in [0.2, 0.25) is 0 Å². The standard InChI is InChI=1S/C12H16N2O2S/c1-4-5-10(3)14-17(15,16)12-7-6-9(2)8-11(12)13/h1,6-8,10,14H,5,13H2,2-3H3. The van der Waals surface area contributed by atoms with Crippen LogP contribution in [-0.2, 0) is 10.0 Å². The molecule has 0 aliphatic heterocycles. The maximum absolute atomic E-state index is 12.0. The van der Waals surface area contributed by atoms with E-state index in [-0.39, 0.29) is 16.6 Å². The number of rotatable bonds is 4. The van der Waals surface area contributed by atoms with E-state index in [2.05, 4.69) is 10.6 Å². The Morgan fingerprint density at radius 1 is 1.53 bits per heavy atom. The Bertz CT molecular complexity index is 544. The van der Waals surface area contributed by atoms with Crippen molar-refractivity contribution in [3.05, 3.63) is 23.8 Å². The van der Waals surface area contributed by atoms with E-state index in [1.165, 1.54) is 6.07 Å². The molecule has 1 unspecified atom stereocenters. The summed E-state index contributed by atoms with van der Waals surface area (Å²) in [6.07, 6.45) is 5.47. The molecule has 17 heavy (non-hydrogen) atoms. The largest absolute Gasteiger partial charge is 0.398 e. The minimum atomic E-state index is -3.60. The van der Waals surface area contributed by atoms with Gasteiger partial charge in [0.2, 0.25) is 10.0 Å². The van der Waals surface area contributed by atoms with Gasteiger partial charge in [-0.1, -0.05) is 6.07 Å². The molecule has 0 heterocycles. The van der Waals surface area contributed by atoms with Crippen molar-refractivity contribution < 1.29 is 8.42 Å². The quantitative estimate of drug-likeness (QED) is 0.626. The van der Waals surface area contributed by atoms with Crippen molar-refractivity contribution in [3.63, 3.8) is 0 Å². The van der Waals surface area contributed by atoms with Crippen LogP contribution in [0.4, 0.5) is 5.69 Å². The number of nitrogens with one attached hydrogen (secondary N) is 1. The second-order valence-corrected chi connectivity index (χ2v) is 5.65. The van der Waals surface area contributed by atoms with Crippen LogP contribution in [-0.4, -0.2) is 14.5 Å². The fourth-order valence-corrected chi connectivity index (χ4v) is 2.82. The lowest BCUT2D eigenvalue weighted by atomic mass is 10.2. The van der Waals surface area contributed by atoms with Crippen LogP contribution < -0.4 is 10.5 Å². The third-order valence-electron chi connectivity index (χ3n) is 2.24. The number of nitrogens with two attached hydrogens (primary N) is 1. The summed E-state index contributed by atoms with van der Waals surface area (Å²) in [6, 6.07) is 4.51. The maximum atomic E-state index is 12.0. The molecule has 0 saturated carbocycles. The lowest BCUT2D eigenvalue weighted by molar-refractivity contribution is 0.564. The van der Waals surface area contributed by atoms with Crippen molar-refractivity contribution in [3.8, 4) is 12.3 Å². The molecule has 0 saturated heterocycles. The summed E-state index contributed by atoms with van der Waals surface area (Å²) in [4.78, 5) is 0.0898. The van der Waals surface area contributed by atoms with E-state index >= 15 is 0 Å². The van der Waals surface area contributed by atoms with Gasteiger partial charge in [0.1, 0.15) is 4.90 Å². The summed E-state index contributed by atoms with van der Waals surface area (Å²) in [5, 5.41) is 0. The molecular weight excluding hydrogens is 236 g/mol. The lowest BCUT2D eigenvalue weighted by Gasteiger charge is -2.13. The van der Waals surface area contributed by atoms with Gasteiger partial charge in [-0.25, -0.2) is 13.1 Å². The van der Waals surface area contributed by atoms with Crippen molar-refractivity contribution in [1.29, 1.82) is 0 Å². The summed E-state index contributed by atoms with van der Waals surface area (Å²) in [7, 11) is -3.60.